The van der Waals surface area contributed by atoms with Crippen molar-refractivity contribution in [3.63, 3.8) is 0 Å². The van der Waals surface area contributed by atoms with Crippen LogP contribution >= 0.6 is 0 Å². The topological polar surface area (TPSA) is 29.9 Å². The van der Waals surface area contributed by atoms with E-state index in [-0.39, 0.29) is 0 Å². The van der Waals surface area contributed by atoms with Crippen molar-refractivity contribution in [3.8, 4) is 0 Å². The van der Waals surface area contributed by atoms with Crippen LogP contribution in [0.2, 0.25) is 0 Å². The van der Waals surface area contributed by atoms with Crippen molar-refractivity contribution < 1.29 is 0 Å². The van der Waals surface area contributed by atoms with E-state index in [2.05, 4.69) is 69.5 Å². The van der Waals surface area contributed by atoms with Gasteiger partial charge in [-0.05, 0) is 42.5 Å². The number of nitrogens with zero attached hydrogens (tertiary/aromatic N) is 2. The Morgan fingerprint density at radius 3 is 2.76 bits per heavy atom. The van der Waals surface area contributed by atoms with Crippen LogP contribution in [0.5, 0.6) is 0 Å². The van der Waals surface area contributed by atoms with Gasteiger partial charge in [0.2, 0.25) is 0 Å². The Bertz CT molecular complexity index is 848. The number of fused-ring (bicyclic) bond motifs is 1. The SMILES string of the molecule is C1=C(c2ccccc2)CC(CCCCn2cnc3ccccc32)NC1. The molecule has 0 amide bonds. The van der Waals surface area contributed by atoms with Crippen LogP contribution in [-0.4, -0.2) is 22.1 Å². The van der Waals surface area contributed by atoms with Crippen molar-refractivity contribution >= 4 is 16.6 Å². The molecular weight excluding hydrogens is 306 g/mol. The summed E-state index contributed by atoms with van der Waals surface area (Å²) in [5.41, 5.74) is 5.20. The van der Waals surface area contributed by atoms with Crippen molar-refractivity contribution in [2.75, 3.05) is 6.54 Å². The van der Waals surface area contributed by atoms with E-state index >= 15 is 0 Å². The Labute approximate surface area is 149 Å². The number of rotatable bonds is 6. The number of hydrogen-bond acceptors (Lipinski definition) is 2. The van der Waals surface area contributed by atoms with Crippen LogP contribution in [0.15, 0.2) is 67.0 Å². The summed E-state index contributed by atoms with van der Waals surface area (Å²) in [7, 11) is 0. The van der Waals surface area contributed by atoms with E-state index in [1.165, 1.54) is 35.9 Å². The molecule has 128 valence electrons. The van der Waals surface area contributed by atoms with Crippen molar-refractivity contribution in [2.45, 2.75) is 38.3 Å². The van der Waals surface area contributed by atoms with Crippen molar-refractivity contribution in [2.24, 2.45) is 0 Å². The van der Waals surface area contributed by atoms with Crippen LogP contribution < -0.4 is 5.32 Å². The van der Waals surface area contributed by atoms with Crippen LogP contribution in [0.1, 0.15) is 31.2 Å². The van der Waals surface area contributed by atoms with Gasteiger partial charge in [-0.2, -0.15) is 0 Å². The molecule has 4 rings (SSSR count). The first-order valence-electron chi connectivity index (χ1n) is 9.28. The molecule has 0 saturated heterocycles. The maximum atomic E-state index is 4.47. The summed E-state index contributed by atoms with van der Waals surface area (Å²) in [6.45, 7) is 2.04. The minimum atomic E-state index is 0.597. The highest BCUT2D eigenvalue weighted by molar-refractivity contribution is 5.74. The zero-order valence-electron chi connectivity index (χ0n) is 14.6. The molecule has 25 heavy (non-hydrogen) atoms. The molecule has 1 aromatic heterocycles. The second kappa shape index (κ2) is 7.66. The van der Waals surface area contributed by atoms with Gasteiger partial charge in [-0.1, -0.05) is 55.0 Å². The van der Waals surface area contributed by atoms with Gasteiger partial charge in [0.05, 0.1) is 17.4 Å². The molecule has 1 N–H and O–H groups in total. The fraction of sp³-hybridized carbons (Fsp3) is 0.318. The number of unbranched alkanes of at least 4 members (excludes halogenated alkanes) is 1. The molecule has 0 fully saturated rings. The summed E-state index contributed by atoms with van der Waals surface area (Å²) in [5, 5.41) is 3.65. The van der Waals surface area contributed by atoms with E-state index < -0.39 is 0 Å². The van der Waals surface area contributed by atoms with Gasteiger partial charge >= 0.3 is 0 Å². The summed E-state index contributed by atoms with van der Waals surface area (Å²) in [6, 6.07) is 19.7. The number of imidazole rings is 1. The molecule has 0 aliphatic carbocycles. The molecule has 2 heterocycles. The average molecular weight is 331 g/mol. The summed E-state index contributed by atoms with van der Waals surface area (Å²) in [4.78, 5) is 4.47. The predicted molar refractivity (Wildman–Crippen MR) is 104 cm³/mol. The van der Waals surface area contributed by atoms with Crippen LogP contribution in [0, 0.1) is 0 Å². The third kappa shape index (κ3) is 3.83. The van der Waals surface area contributed by atoms with E-state index in [1.807, 2.05) is 12.4 Å². The highest BCUT2D eigenvalue weighted by atomic mass is 15.0. The van der Waals surface area contributed by atoms with Gasteiger partial charge in [-0.3, -0.25) is 0 Å². The first kappa shape index (κ1) is 16.1. The van der Waals surface area contributed by atoms with Crippen LogP contribution in [0.25, 0.3) is 16.6 Å². The molecule has 1 atom stereocenters. The largest absolute Gasteiger partial charge is 0.331 e. The Morgan fingerprint density at radius 1 is 1.00 bits per heavy atom. The Balaban J connectivity index is 1.27. The lowest BCUT2D eigenvalue weighted by molar-refractivity contribution is 0.465. The third-order valence-corrected chi connectivity index (χ3v) is 5.09. The zero-order chi connectivity index (χ0) is 16.9. The van der Waals surface area contributed by atoms with Crippen LogP contribution in [-0.2, 0) is 6.54 Å². The molecule has 0 saturated carbocycles. The molecule has 0 bridgehead atoms. The number of para-hydroxylation sites is 2. The van der Waals surface area contributed by atoms with Gasteiger partial charge in [0.1, 0.15) is 0 Å². The standard InChI is InChI=1S/C22H25N3/c1-2-8-18(9-3-1)19-13-14-23-20(16-19)10-6-7-15-25-17-24-21-11-4-5-12-22(21)25/h1-5,8-9,11-13,17,20,23H,6-7,10,14-16H2. The molecule has 0 spiro atoms. The number of benzene rings is 2. The molecule has 1 aliphatic heterocycles. The summed E-state index contributed by atoms with van der Waals surface area (Å²) in [5.74, 6) is 0. The average Bonchev–Trinajstić information content (AvgIpc) is 3.09. The molecule has 1 unspecified atom stereocenters. The minimum Gasteiger partial charge on any atom is -0.331 e. The van der Waals surface area contributed by atoms with E-state index in [0.717, 1.165) is 25.0 Å². The van der Waals surface area contributed by atoms with Crippen molar-refractivity contribution in [1.82, 2.24) is 14.9 Å². The van der Waals surface area contributed by atoms with Crippen LogP contribution in [0.3, 0.4) is 0 Å². The maximum absolute atomic E-state index is 4.47. The molecule has 1 aliphatic rings. The molecular formula is C22H25N3. The summed E-state index contributed by atoms with van der Waals surface area (Å²) < 4.78 is 2.28. The predicted octanol–water partition coefficient (Wildman–Crippen LogP) is 4.65. The molecule has 0 radical (unpaired) electrons. The van der Waals surface area contributed by atoms with Gasteiger partial charge in [-0.25, -0.2) is 4.98 Å². The third-order valence-electron chi connectivity index (χ3n) is 5.09. The fourth-order valence-corrected chi connectivity index (χ4v) is 3.72. The molecule has 3 aromatic rings. The number of nitrogens with one attached hydrogen (secondary N) is 1. The fourth-order valence-electron chi connectivity index (χ4n) is 3.72. The quantitative estimate of drug-likeness (QED) is 0.666. The van der Waals surface area contributed by atoms with Crippen molar-refractivity contribution in [1.29, 1.82) is 0 Å². The minimum absolute atomic E-state index is 0.597. The van der Waals surface area contributed by atoms with Gasteiger partial charge in [0.25, 0.3) is 0 Å². The second-order valence-corrected chi connectivity index (χ2v) is 6.83. The van der Waals surface area contributed by atoms with Gasteiger partial charge < -0.3 is 9.88 Å². The van der Waals surface area contributed by atoms with E-state index in [9.17, 15) is 0 Å². The lowest BCUT2D eigenvalue weighted by Gasteiger charge is -2.24. The lowest BCUT2D eigenvalue weighted by atomic mass is 9.93. The first-order chi connectivity index (χ1) is 12.4. The second-order valence-electron chi connectivity index (χ2n) is 6.83. The molecule has 3 nitrogen and oxygen atoms in total. The Morgan fingerprint density at radius 2 is 1.84 bits per heavy atom. The number of aryl methyl sites for hydroxylation is 1. The van der Waals surface area contributed by atoms with E-state index in [4.69, 9.17) is 0 Å². The highest BCUT2D eigenvalue weighted by Crippen LogP contribution is 2.24. The highest BCUT2D eigenvalue weighted by Gasteiger charge is 2.15. The maximum Gasteiger partial charge on any atom is 0.0958 e. The Kier molecular flexibility index (Phi) is 4.93. The number of aromatic nitrogens is 2. The number of hydrogen-bond donors (Lipinski definition) is 1. The Hall–Kier alpha value is -2.39. The first-order valence-corrected chi connectivity index (χ1v) is 9.28. The van der Waals surface area contributed by atoms with Gasteiger partial charge in [-0.15, -0.1) is 0 Å². The lowest BCUT2D eigenvalue weighted by Crippen LogP contribution is -2.32. The summed E-state index contributed by atoms with van der Waals surface area (Å²) in [6.07, 6.45) is 9.12. The normalized spacial score (nSPS) is 17.6. The van der Waals surface area contributed by atoms with Gasteiger partial charge in [0.15, 0.2) is 0 Å². The van der Waals surface area contributed by atoms with Crippen LogP contribution in [0.4, 0.5) is 0 Å². The molecule has 2 aromatic carbocycles. The van der Waals surface area contributed by atoms with E-state index in [1.54, 1.807) is 0 Å². The smallest absolute Gasteiger partial charge is 0.0958 e. The van der Waals surface area contributed by atoms with Crippen molar-refractivity contribution in [3.05, 3.63) is 72.6 Å². The van der Waals surface area contributed by atoms with Gasteiger partial charge in [0, 0.05) is 19.1 Å². The summed E-state index contributed by atoms with van der Waals surface area (Å²) >= 11 is 0. The zero-order valence-corrected chi connectivity index (χ0v) is 14.6. The molecule has 3 heteroatoms. The monoisotopic (exact) mass is 331 g/mol. The van der Waals surface area contributed by atoms with E-state index in [0.29, 0.717) is 6.04 Å².